The van der Waals surface area contributed by atoms with E-state index >= 15 is 0 Å². The summed E-state index contributed by atoms with van der Waals surface area (Å²) in [5, 5.41) is 6.25. The number of amides is 1. The SMILES string of the molecule is CCc1ccc(Nc2cc(C)ncn2)cc1NC(=O)COc1ccc(OC)cc1C(C)(C)C. The molecule has 0 atom stereocenters. The van der Waals surface area contributed by atoms with Crippen molar-refractivity contribution in [3.05, 3.63) is 65.6 Å². The van der Waals surface area contributed by atoms with E-state index < -0.39 is 0 Å². The number of ether oxygens (including phenoxy) is 2. The van der Waals surface area contributed by atoms with Crippen molar-refractivity contribution in [2.75, 3.05) is 24.4 Å². The summed E-state index contributed by atoms with van der Waals surface area (Å²) in [6, 6.07) is 13.4. The maximum absolute atomic E-state index is 12.8. The summed E-state index contributed by atoms with van der Waals surface area (Å²) in [6.45, 7) is 10.2. The van der Waals surface area contributed by atoms with Crippen LogP contribution < -0.4 is 20.1 Å². The Balaban J connectivity index is 1.72. The summed E-state index contributed by atoms with van der Waals surface area (Å²) in [5.41, 5.74) is 4.30. The van der Waals surface area contributed by atoms with E-state index in [1.54, 1.807) is 7.11 Å². The Morgan fingerprint density at radius 2 is 1.85 bits per heavy atom. The largest absolute Gasteiger partial charge is 0.497 e. The van der Waals surface area contributed by atoms with Crippen LogP contribution in [0, 0.1) is 6.92 Å². The minimum atomic E-state index is -0.226. The number of carbonyl (C=O) groups excluding carboxylic acids is 1. The number of anilines is 3. The number of nitrogens with one attached hydrogen (secondary N) is 2. The van der Waals surface area contributed by atoms with Crippen molar-refractivity contribution in [1.29, 1.82) is 0 Å². The molecule has 7 heteroatoms. The fourth-order valence-electron chi connectivity index (χ4n) is 3.43. The number of hydrogen-bond acceptors (Lipinski definition) is 6. The minimum absolute atomic E-state index is 0.0959. The van der Waals surface area contributed by atoms with E-state index in [0.29, 0.717) is 11.6 Å². The third-order valence-electron chi connectivity index (χ3n) is 5.19. The zero-order valence-electron chi connectivity index (χ0n) is 20.2. The molecule has 2 N–H and O–H groups in total. The molecule has 0 saturated heterocycles. The molecule has 0 bridgehead atoms. The normalized spacial score (nSPS) is 11.1. The van der Waals surface area contributed by atoms with Gasteiger partial charge < -0.3 is 20.1 Å². The van der Waals surface area contributed by atoms with Gasteiger partial charge in [-0.3, -0.25) is 4.79 Å². The Hall–Kier alpha value is -3.61. The molecule has 3 rings (SSSR count). The number of rotatable bonds is 8. The van der Waals surface area contributed by atoms with Crippen LogP contribution in [0.5, 0.6) is 11.5 Å². The number of hydrogen-bond donors (Lipinski definition) is 2. The molecule has 1 aromatic heterocycles. The summed E-state index contributed by atoms with van der Waals surface area (Å²) in [5.74, 6) is 1.90. The topological polar surface area (TPSA) is 85.4 Å². The molecule has 1 amide bonds. The summed E-state index contributed by atoms with van der Waals surface area (Å²) in [6.07, 6.45) is 2.30. The van der Waals surface area contributed by atoms with E-state index in [-0.39, 0.29) is 17.9 Å². The van der Waals surface area contributed by atoms with Crippen LogP contribution in [0.3, 0.4) is 0 Å². The van der Waals surface area contributed by atoms with Crippen molar-refractivity contribution in [2.24, 2.45) is 0 Å². The van der Waals surface area contributed by atoms with Crippen LogP contribution in [0.15, 0.2) is 48.8 Å². The zero-order chi connectivity index (χ0) is 24.0. The van der Waals surface area contributed by atoms with Crippen molar-refractivity contribution in [2.45, 2.75) is 46.5 Å². The van der Waals surface area contributed by atoms with Crippen LogP contribution in [0.4, 0.5) is 17.2 Å². The van der Waals surface area contributed by atoms with E-state index in [0.717, 1.165) is 40.4 Å². The van der Waals surface area contributed by atoms with E-state index in [2.05, 4.69) is 48.3 Å². The quantitative estimate of drug-likeness (QED) is 0.479. The lowest BCUT2D eigenvalue weighted by Crippen LogP contribution is -2.22. The summed E-state index contributed by atoms with van der Waals surface area (Å²) >= 11 is 0. The number of nitrogens with zero attached hydrogens (tertiary/aromatic N) is 2. The fraction of sp³-hybridized carbons (Fsp3) is 0.346. The van der Waals surface area contributed by atoms with Gasteiger partial charge >= 0.3 is 0 Å². The van der Waals surface area contributed by atoms with E-state index in [1.807, 2.05) is 49.4 Å². The van der Waals surface area contributed by atoms with Gasteiger partial charge in [0.05, 0.1) is 7.11 Å². The average molecular weight is 449 g/mol. The van der Waals surface area contributed by atoms with Crippen molar-refractivity contribution in [3.63, 3.8) is 0 Å². The van der Waals surface area contributed by atoms with Crippen LogP contribution in [-0.4, -0.2) is 29.6 Å². The highest BCUT2D eigenvalue weighted by atomic mass is 16.5. The molecular weight excluding hydrogens is 416 g/mol. The second kappa shape index (κ2) is 10.3. The number of aromatic nitrogens is 2. The monoisotopic (exact) mass is 448 g/mol. The molecule has 3 aromatic rings. The van der Waals surface area contributed by atoms with Crippen LogP contribution >= 0.6 is 0 Å². The lowest BCUT2D eigenvalue weighted by atomic mass is 9.86. The standard InChI is InChI=1S/C26H32N4O3/c1-7-18-8-9-19(29-24-12-17(2)27-16-28-24)13-22(18)30-25(31)15-33-23-11-10-20(32-6)14-21(23)26(3,4)5/h8-14,16H,7,15H2,1-6H3,(H,30,31)(H,27,28,29). The molecule has 1 heterocycles. The number of benzene rings is 2. The predicted molar refractivity (Wildman–Crippen MR) is 132 cm³/mol. The van der Waals surface area contributed by atoms with Crippen LogP contribution in [-0.2, 0) is 16.6 Å². The van der Waals surface area contributed by atoms with E-state index in [1.165, 1.54) is 6.33 Å². The molecule has 0 unspecified atom stereocenters. The maximum atomic E-state index is 12.8. The van der Waals surface area contributed by atoms with Crippen LogP contribution in [0.25, 0.3) is 0 Å². The summed E-state index contributed by atoms with van der Waals surface area (Å²) < 4.78 is 11.3. The Bertz CT molecular complexity index is 1120. The molecule has 2 aromatic carbocycles. The van der Waals surface area contributed by atoms with Gasteiger partial charge in [0.25, 0.3) is 5.91 Å². The van der Waals surface area contributed by atoms with Crippen molar-refractivity contribution in [3.8, 4) is 11.5 Å². The smallest absolute Gasteiger partial charge is 0.262 e. The van der Waals surface area contributed by atoms with Crippen molar-refractivity contribution >= 4 is 23.1 Å². The molecular formula is C26H32N4O3. The second-order valence-electron chi connectivity index (χ2n) is 8.84. The molecule has 0 fully saturated rings. The number of methoxy groups -OCH3 is 1. The second-order valence-corrected chi connectivity index (χ2v) is 8.84. The van der Waals surface area contributed by atoms with E-state index in [4.69, 9.17) is 9.47 Å². The molecule has 0 aliphatic carbocycles. The van der Waals surface area contributed by atoms with Gasteiger partial charge in [-0.1, -0.05) is 33.8 Å². The first kappa shape index (κ1) is 24.0. The first-order valence-electron chi connectivity index (χ1n) is 11.0. The van der Waals surface area contributed by atoms with Gasteiger partial charge in [0.15, 0.2) is 6.61 Å². The van der Waals surface area contributed by atoms with Crippen molar-refractivity contribution in [1.82, 2.24) is 9.97 Å². The van der Waals surface area contributed by atoms with Gasteiger partial charge in [0, 0.05) is 28.7 Å². The Kier molecular flexibility index (Phi) is 7.53. The Morgan fingerprint density at radius 3 is 2.52 bits per heavy atom. The summed E-state index contributed by atoms with van der Waals surface area (Å²) in [7, 11) is 1.63. The molecule has 7 nitrogen and oxygen atoms in total. The predicted octanol–water partition coefficient (Wildman–Crippen LogP) is 5.41. The third-order valence-corrected chi connectivity index (χ3v) is 5.19. The highest BCUT2D eigenvalue weighted by molar-refractivity contribution is 5.93. The maximum Gasteiger partial charge on any atom is 0.262 e. The van der Waals surface area contributed by atoms with Gasteiger partial charge in [-0.25, -0.2) is 9.97 Å². The molecule has 0 saturated carbocycles. The lowest BCUT2D eigenvalue weighted by Gasteiger charge is -2.23. The first-order valence-corrected chi connectivity index (χ1v) is 11.0. The molecule has 0 radical (unpaired) electrons. The first-order chi connectivity index (χ1) is 15.7. The Morgan fingerprint density at radius 1 is 1.06 bits per heavy atom. The van der Waals surface area contributed by atoms with Gasteiger partial charge in [-0.2, -0.15) is 0 Å². The van der Waals surface area contributed by atoms with Gasteiger partial charge in [-0.15, -0.1) is 0 Å². The molecule has 0 aliphatic rings. The number of carbonyl (C=O) groups is 1. The lowest BCUT2D eigenvalue weighted by molar-refractivity contribution is -0.118. The van der Waals surface area contributed by atoms with Gasteiger partial charge in [-0.05, 0) is 54.7 Å². The average Bonchev–Trinajstić information content (AvgIpc) is 2.77. The molecule has 33 heavy (non-hydrogen) atoms. The van der Waals surface area contributed by atoms with Gasteiger partial charge in [0.2, 0.25) is 0 Å². The van der Waals surface area contributed by atoms with Crippen molar-refractivity contribution < 1.29 is 14.3 Å². The van der Waals surface area contributed by atoms with Crippen LogP contribution in [0.2, 0.25) is 0 Å². The van der Waals surface area contributed by atoms with Crippen LogP contribution in [0.1, 0.15) is 44.5 Å². The fourth-order valence-corrected chi connectivity index (χ4v) is 3.43. The Labute approximate surface area is 195 Å². The minimum Gasteiger partial charge on any atom is -0.497 e. The zero-order valence-corrected chi connectivity index (χ0v) is 20.2. The molecule has 174 valence electrons. The molecule has 0 spiro atoms. The van der Waals surface area contributed by atoms with Gasteiger partial charge in [0.1, 0.15) is 23.6 Å². The highest BCUT2D eigenvalue weighted by Gasteiger charge is 2.21. The number of aryl methyl sites for hydroxylation is 2. The summed E-state index contributed by atoms with van der Waals surface area (Å²) in [4.78, 5) is 21.1. The highest BCUT2D eigenvalue weighted by Crippen LogP contribution is 2.34. The molecule has 0 aliphatic heterocycles. The van der Waals surface area contributed by atoms with E-state index in [9.17, 15) is 4.79 Å². The third kappa shape index (κ3) is 6.44.